The van der Waals surface area contributed by atoms with E-state index < -0.39 is 0 Å². The molecule has 3 rings (SSSR count). The first-order valence-corrected chi connectivity index (χ1v) is 8.38. The highest BCUT2D eigenvalue weighted by atomic mass is 79.9. The van der Waals surface area contributed by atoms with Crippen molar-refractivity contribution in [3.05, 3.63) is 64.3 Å². The van der Waals surface area contributed by atoms with E-state index in [1.165, 1.54) is 7.11 Å². The fourth-order valence-electron chi connectivity index (χ4n) is 2.41. The van der Waals surface area contributed by atoms with Crippen LogP contribution in [0.3, 0.4) is 0 Å². The van der Waals surface area contributed by atoms with Gasteiger partial charge in [-0.3, -0.25) is 4.79 Å². The molecule has 1 heterocycles. The van der Waals surface area contributed by atoms with Crippen LogP contribution in [0.15, 0.2) is 57.4 Å². The summed E-state index contributed by atoms with van der Waals surface area (Å²) in [5, 5.41) is 2.77. The van der Waals surface area contributed by atoms with Crippen LogP contribution in [-0.2, 0) is 0 Å². The molecule has 3 N–H and O–H groups in total. The van der Waals surface area contributed by atoms with Gasteiger partial charge in [0.1, 0.15) is 11.5 Å². The standard InChI is InChI=1S/C19H17BrN2O3/c1-11-9-12(3-5-14(11)20)16-7-8-17(25-16)19(23)22-15-6-4-13(21)10-18(15)24-2/h3-10H,21H2,1-2H3,(H,22,23). The molecule has 0 unspecified atom stereocenters. The van der Waals surface area contributed by atoms with Crippen molar-refractivity contribution in [1.29, 1.82) is 0 Å². The molecule has 0 saturated carbocycles. The average Bonchev–Trinajstić information content (AvgIpc) is 3.09. The van der Waals surface area contributed by atoms with Crippen molar-refractivity contribution in [1.82, 2.24) is 0 Å². The van der Waals surface area contributed by atoms with E-state index in [1.54, 1.807) is 30.3 Å². The van der Waals surface area contributed by atoms with Crippen LogP contribution >= 0.6 is 15.9 Å². The summed E-state index contributed by atoms with van der Waals surface area (Å²) in [6.45, 7) is 2.00. The summed E-state index contributed by atoms with van der Waals surface area (Å²) < 4.78 is 12.0. The molecular weight excluding hydrogens is 384 g/mol. The van der Waals surface area contributed by atoms with E-state index >= 15 is 0 Å². The molecule has 6 heteroatoms. The number of amides is 1. The monoisotopic (exact) mass is 400 g/mol. The second kappa shape index (κ2) is 7.03. The molecule has 0 spiro atoms. The maximum Gasteiger partial charge on any atom is 0.291 e. The largest absolute Gasteiger partial charge is 0.494 e. The van der Waals surface area contributed by atoms with E-state index in [-0.39, 0.29) is 11.7 Å². The van der Waals surface area contributed by atoms with Gasteiger partial charge in [-0.15, -0.1) is 0 Å². The molecular formula is C19H17BrN2O3. The minimum atomic E-state index is -0.358. The van der Waals surface area contributed by atoms with E-state index in [4.69, 9.17) is 14.9 Å². The first-order chi connectivity index (χ1) is 12.0. The Morgan fingerprint density at radius 3 is 2.68 bits per heavy atom. The van der Waals surface area contributed by atoms with E-state index in [2.05, 4.69) is 21.2 Å². The molecule has 25 heavy (non-hydrogen) atoms. The predicted octanol–water partition coefficient (Wildman–Crippen LogP) is 4.86. The number of methoxy groups -OCH3 is 1. The number of carbonyl (C=O) groups excluding carboxylic acids is 1. The highest BCUT2D eigenvalue weighted by molar-refractivity contribution is 9.10. The number of anilines is 2. The molecule has 0 atom stereocenters. The van der Waals surface area contributed by atoms with E-state index in [0.717, 1.165) is 15.6 Å². The number of aryl methyl sites for hydroxylation is 1. The number of rotatable bonds is 4. The molecule has 5 nitrogen and oxygen atoms in total. The van der Waals surface area contributed by atoms with E-state index in [1.807, 2.05) is 25.1 Å². The average molecular weight is 401 g/mol. The van der Waals surface area contributed by atoms with Crippen LogP contribution in [0.5, 0.6) is 5.75 Å². The molecule has 0 saturated heterocycles. The lowest BCUT2D eigenvalue weighted by atomic mass is 10.1. The van der Waals surface area contributed by atoms with E-state index in [0.29, 0.717) is 22.9 Å². The Morgan fingerprint density at radius 1 is 1.16 bits per heavy atom. The number of hydrogen-bond donors (Lipinski definition) is 2. The Hall–Kier alpha value is -2.73. The maximum absolute atomic E-state index is 12.4. The lowest BCUT2D eigenvalue weighted by molar-refractivity contribution is 0.0997. The molecule has 0 bridgehead atoms. The Balaban J connectivity index is 1.82. The minimum absolute atomic E-state index is 0.217. The zero-order chi connectivity index (χ0) is 18.0. The summed E-state index contributed by atoms with van der Waals surface area (Å²) in [5.74, 6) is 0.978. The Morgan fingerprint density at radius 2 is 1.96 bits per heavy atom. The SMILES string of the molecule is COc1cc(N)ccc1NC(=O)c1ccc(-c2ccc(Br)c(C)c2)o1. The van der Waals surface area contributed by atoms with Gasteiger partial charge < -0.3 is 20.2 Å². The van der Waals surface area contributed by atoms with Gasteiger partial charge in [-0.2, -0.15) is 0 Å². The summed E-state index contributed by atoms with van der Waals surface area (Å²) in [7, 11) is 1.52. The van der Waals surface area contributed by atoms with Gasteiger partial charge in [0, 0.05) is 21.8 Å². The van der Waals surface area contributed by atoms with Gasteiger partial charge in [0.05, 0.1) is 12.8 Å². The first-order valence-electron chi connectivity index (χ1n) is 7.59. The quantitative estimate of drug-likeness (QED) is 0.612. The van der Waals surface area contributed by atoms with Gasteiger partial charge >= 0.3 is 0 Å². The molecule has 3 aromatic rings. The van der Waals surface area contributed by atoms with Gasteiger partial charge in [-0.1, -0.05) is 22.0 Å². The number of benzene rings is 2. The topological polar surface area (TPSA) is 77.5 Å². The zero-order valence-electron chi connectivity index (χ0n) is 13.8. The van der Waals surface area contributed by atoms with Crippen molar-refractivity contribution in [3.8, 4) is 17.1 Å². The normalized spacial score (nSPS) is 10.5. The van der Waals surface area contributed by atoms with Crippen LogP contribution in [0.1, 0.15) is 16.1 Å². The van der Waals surface area contributed by atoms with Crippen LogP contribution in [-0.4, -0.2) is 13.0 Å². The first kappa shape index (κ1) is 17.1. The summed E-state index contributed by atoms with van der Waals surface area (Å²) >= 11 is 3.47. The highest BCUT2D eigenvalue weighted by Gasteiger charge is 2.15. The lowest BCUT2D eigenvalue weighted by Crippen LogP contribution is -2.11. The number of nitrogens with one attached hydrogen (secondary N) is 1. The Kier molecular flexibility index (Phi) is 4.81. The van der Waals surface area contributed by atoms with Gasteiger partial charge in [0.25, 0.3) is 5.91 Å². The van der Waals surface area contributed by atoms with Crippen molar-refractivity contribution in [2.24, 2.45) is 0 Å². The van der Waals surface area contributed by atoms with Crippen LogP contribution in [0.2, 0.25) is 0 Å². The van der Waals surface area contributed by atoms with Crippen molar-refractivity contribution in [3.63, 3.8) is 0 Å². The van der Waals surface area contributed by atoms with Crippen molar-refractivity contribution < 1.29 is 13.9 Å². The van der Waals surface area contributed by atoms with Crippen LogP contribution in [0.4, 0.5) is 11.4 Å². The number of nitrogens with two attached hydrogens (primary N) is 1. The Bertz CT molecular complexity index is 934. The summed E-state index contributed by atoms with van der Waals surface area (Å²) in [4.78, 5) is 12.4. The zero-order valence-corrected chi connectivity index (χ0v) is 15.4. The summed E-state index contributed by atoms with van der Waals surface area (Å²) in [5.41, 5.74) is 8.80. The third-order valence-electron chi connectivity index (χ3n) is 3.75. The fraction of sp³-hybridized carbons (Fsp3) is 0.105. The molecule has 2 aromatic carbocycles. The molecule has 0 radical (unpaired) electrons. The number of halogens is 1. The van der Waals surface area contributed by atoms with Crippen molar-refractivity contribution in [2.75, 3.05) is 18.2 Å². The van der Waals surface area contributed by atoms with Gasteiger partial charge in [-0.05, 0) is 48.9 Å². The van der Waals surface area contributed by atoms with Crippen LogP contribution in [0.25, 0.3) is 11.3 Å². The lowest BCUT2D eigenvalue weighted by Gasteiger charge is -2.09. The molecule has 0 fully saturated rings. The van der Waals surface area contributed by atoms with Crippen molar-refractivity contribution >= 4 is 33.2 Å². The van der Waals surface area contributed by atoms with E-state index in [9.17, 15) is 4.79 Å². The molecule has 1 amide bonds. The number of ether oxygens (including phenoxy) is 1. The number of carbonyl (C=O) groups is 1. The highest BCUT2D eigenvalue weighted by Crippen LogP contribution is 2.29. The third-order valence-corrected chi connectivity index (χ3v) is 4.64. The second-order valence-electron chi connectivity index (χ2n) is 5.54. The fourth-order valence-corrected chi connectivity index (χ4v) is 2.65. The summed E-state index contributed by atoms with van der Waals surface area (Å²) in [6.07, 6.45) is 0. The number of furan rings is 1. The molecule has 0 aliphatic heterocycles. The molecule has 0 aliphatic rings. The van der Waals surface area contributed by atoms with Gasteiger partial charge in [0.2, 0.25) is 0 Å². The molecule has 128 valence electrons. The number of nitrogen functional groups attached to an aromatic ring is 1. The minimum Gasteiger partial charge on any atom is -0.494 e. The smallest absolute Gasteiger partial charge is 0.291 e. The third kappa shape index (κ3) is 3.69. The molecule has 1 aromatic heterocycles. The van der Waals surface area contributed by atoms with Gasteiger partial charge in [-0.25, -0.2) is 0 Å². The van der Waals surface area contributed by atoms with Crippen molar-refractivity contribution in [2.45, 2.75) is 6.92 Å². The van der Waals surface area contributed by atoms with Crippen LogP contribution in [0, 0.1) is 6.92 Å². The maximum atomic E-state index is 12.4. The number of hydrogen-bond acceptors (Lipinski definition) is 4. The Labute approximate surface area is 153 Å². The van der Waals surface area contributed by atoms with Crippen LogP contribution < -0.4 is 15.8 Å². The summed E-state index contributed by atoms with van der Waals surface area (Å²) in [6, 6.07) is 14.3. The van der Waals surface area contributed by atoms with Gasteiger partial charge in [0.15, 0.2) is 5.76 Å². The molecule has 0 aliphatic carbocycles. The predicted molar refractivity (Wildman–Crippen MR) is 102 cm³/mol. The second-order valence-corrected chi connectivity index (χ2v) is 6.40.